The van der Waals surface area contributed by atoms with Crippen LogP contribution in [0.5, 0.6) is 11.5 Å². The van der Waals surface area contributed by atoms with Crippen LogP contribution < -0.4 is 10.1 Å². The molecule has 0 aliphatic heterocycles. The first-order chi connectivity index (χ1) is 9.22. The summed E-state index contributed by atoms with van der Waals surface area (Å²) in [5.41, 5.74) is 0.856. The topological polar surface area (TPSA) is 41.5 Å². The van der Waals surface area contributed by atoms with Crippen molar-refractivity contribution in [3.8, 4) is 11.5 Å². The molecule has 0 saturated heterocycles. The molecule has 1 aromatic heterocycles. The van der Waals surface area contributed by atoms with Crippen LogP contribution in [0, 0.1) is 0 Å². The summed E-state index contributed by atoms with van der Waals surface area (Å²) < 4.78 is 5.38. The lowest BCUT2D eigenvalue weighted by Gasteiger charge is -2.14. The Kier molecular flexibility index (Phi) is 4.82. The Morgan fingerprint density at radius 3 is 2.84 bits per heavy atom. The maximum Gasteiger partial charge on any atom is 0.162 e. The molecule has 4 heteroatoms. The lowest BCUT2D eigenvalue weighted by atomic mass is 10.1. The second-order valence-corrected chi connectivity index (χ2v) is 5.29. The van der Waals surface area contributed by atoms with Gasteiger partial charge in [-0.1, -0.05) is 18.2 Å². The fraction of sp³-hybridized carbons (Fsp3) is 0.333. The minimum absolute atomic E-state index is 0.232. The molecule has 2 rings (SSSR count). The molecule has 0 spiro atoms. The number of ether oxygens (including phenoxy) is 1. The van der Waals surface area contributed by atoms with Crippen molar-refractivity contribution in [3.63, 3.8) is 0 Å². The molecule has 0 unspecified atom stereocenters. The van der Waals surface area contributed by atoms with E-state index in [0.717, 1.165) is 5.56 Å². The summed E-state index contributed by atoms with van der Waals surface area (Å²) in [7, 11) is 0. The van der Waals surface area contributed by atoms with E-state index in [0.29, 0.717) is 18.9 Å². The van der Waals surface area contributed by atoms with E-state index in [1.54, 1.807) is 17.4 Å². The van der Waals surface area contributed by atoms with Crippen LogP contribution in [-0.2, 0) is 6.54 Å². The van der Waals surface area contributed by atoms with Gasteiger partial charge in [0.1, 0.15) is 0 Å². The van der Waals surface area contributed by atoms with Gasteiger partial charge in [0.2, 0.25) is 0 Å². The quantitative estimate of drug-likeness (QED) is 0.846. The van der Waals surface area contributed by atoms with E-state index >= 15 is 0 Å². The van der Waals surface area contributed by atoms with Crippen LogP contribution in [0.3, 0.4) is 0 Å². The molecule has 0 aliphatic rings. The van der Waals surface area contributed by atoms with Crippen molar-refractivity contribution in [2.24, 2.45) is 0 Å². The summed E-state index contributed by atoms with van der Waals surface area (Å²) in [5.74, 6) is 0.779. The zero-order valence-electron chi connectivity index (χ0n) is 11.2. The van der Waals surface area contributed by atoms with Crippen molar-refractivity contribution >= 4 is 11.3 Å². The van der Waals surface area contributed by atoms with Crippen molar-refractivity contribution in [1.82, 2.24) is 5.32 Å². The molecule has 0 amide bonds. The van der Waals surface area contributed by atoms with Gasteiger partial charge in [0.25, 0.3) is 0 Å². The number of phenols is 1. The minimum Gasteiger partial charge on any atom is -0.504 e. The maximum absolute atomic E-state index is 10.1. The summed E-state index contributed by atoms with van der Waals surface area (Å²) in [5, 5.41) is 15.6. The molecule has 0 aliphatic carbocycles. The molecule has 0 bridgehead atoms. The second kappa shape index (κ2) is 6.59. The van der Waals surface area contributed by atoms with Gasteiger partial charge in [0, 0.05) is 23.0 Å². The number of rotatable bonds is 6. The van der Waals surface area contributed by atoms with Gasteiger partial charge in [-0.2, -0.15) is 0 Å². The van der Waals surface area contributed by atoms with E-state index < -0.39 is 0 Å². The highest BCUT2D eigenvalue weighted by atomic mass is 32.1. The maximum atomic E-state index is 10.1. The number of aromatic hydroxyl groups is 1. The lowest BCUT2D eigenvalue weighted by Crippen LogP contribution is -2.17. The summed E-state index contributed by atoms with van der Waals surface area (Å²) in [6, 6.07) is 10.0. The van der Waals surface area contributed by atoms with Crippen LogP contribution in [0.4, 0.5) is 0 Å². The number of nitrogens with one attached hydrogen (secondary N) is 1. The third-order valence-electron chi connectivity index (χ3n) is 2.95. The Morgan fingerprint density at radius 1 is 1.32 bits per heavy atom. The van der Waals surface area contributed by atoms with Gasteiger partial charge in [-0.3, -0.25) is 0 Å². The molecular weight excluding hydrogens is 258 g/mol. The highest BCUT2D eigenvalue weighted by Crippen LogP contribution is 2.30. The van der Waals surface area contributed by atoms with Gasteiger partial charge in [0.05, 0.1) is 6.61 Å². The Bertz CT molecular complexity index is 511. The second-order valence-electron chi connectivity index (χ2n) is 4.31. The first-order valence-corrected chi connectivity index (χ1v) is 7.30. The van der Waals surface area contributed by atoms with Crippen LogP contribution in [0.15, 0.2) is 35.7 Å². The molecule has 0 radical (unpaired) electrons. The van der Waals surface area contributed by atoms with Crippen LogP contribution >= 0.6 is 11.3 Å². The smallest absolute Gasteiger partial charge is 0.162 e. The predicted octanol–water partition coefficient (Wildman–Crippen LogP) is 3.70. The number of hydrogen-bond acceptors (Lipinski definition) is 4. The molecule has 0 fully saturated rings. The highest BCUT2D eigenvalue weighted by Gasteiger charge is 2.10. The molecule has 1 atom stereocenters. The number of thiophene rings is 1. The fourth-order valence-electron chi connectivity index (χ4n) is 1.88. The normalized spacial score (nSPS) is 12.3. The van der Waals surface area contributed by atoms with Gasteiger partial charge in [-0.25, -0.2) is 0 Å². The summed E-state index contributed by atoms with van der Waals surface area (Å²) in [6.45, 7) is 5.19. The molecule has 1 aromatic carbocycles. The molecule has 19 heavy (non-hydrogen) atoms. The fourth-order valence-corrected chi connectivity index (χ4v) is 2.64. The zero-order valence-corrected chi connectivity index (χ0v) is 12.0. The van der Waals surface area contributed by atoms with Crippen molar-refractivity contribution < 1.29 is 9.84 Å². The van der Waals surface area contributed by atoms with E-state index in [-0.39, 0.29) is 11.8 Å². The van der Waals surface area contributed by atoms with Gasteiger partial charge < -0.3 is 15.2 Å². The predicted molar refractivity (Wildman–Crippen MR) is 78.8 cm³/mol. The van der Waals surface area contributed by atoms with Crippen LogP contribution in [-0.4, -0.2) is 11.7 Å². The van der Waals surface area contributed by atoms with Crippen molar-refractivity contribution in [3.05, 3.63) is 46.2 Å². The average Bonchev–Trinajstić information content (AvgIpc) is 2.94. The highest BCUT2D eigenvalue weighted by molar-refractivity contribution is 7.10. The number of hydrogen-bond donors (Lipinski definition) is 2. The van der Waals surface area contributed by atoms with Crippen LogP contribution in [0.2, 0.25) is 0 Å². The van der Waals surface area contributed by atoms with Gasteiger partial charge in [-0.05, 0) is 31.4 Å². The van der Waals surface area contributed by atoms with Gasteiger partial charge in [-0.15, -0.1) is 11.3 Å². The van der Waals surface area contributed by atoms with Crippen molar-refractivity contribution in [2.75, 3.05) is 6.61 Å². The third-order valence-corrected chi connectivity index (χ3v) is 4.01. The van der Waals surface area contributed by atoms with Crippen LogP contribution in [0.25, 0.3) is 0 Å². The Balaban J connectivity index is 2.01. The summed E-state index contributed by atoms with van der Waals surface area (Å²) in [6.07, 6.45) is 0. The first-order valence-electron chi connectivity index (χ1n) is 6.42. The lowest BCUT2D eigenvalue weighted by molar-refractivity contribution is 0.316. The molecule has 102 valence electrons. The Morgan fingerprint density at radius 2 is 2.16 bits per heavy atom. The molecular formula is C15H19NO2S. The van der Waals surface area contributed by atoms with E-state index in [4.69, 9.17) is 4.74 Å². The monoisotopic (exact) mass is 277 g/mol. The summed E-state index contributed by atoms with van der Waals surface area (Å²) >= 11 is 1.73. The van der Waals surface area contributed by atoms with Crippen LogP contribution in [0.1, 0.15) is 30.3 Å². The molecule has 2 N–H and O–H groups in total. The molecule has 0 saturated carbocycles. The number of benzene rings is 1. The van der Waals surface area contributed by atoms with E-state index in [1.807, 2.05) is 25.1 Å². The van der Waals surface area contributed by atoms with Gasteiger partial charge in [0.15, 0.2) is 11.5 Å². The Hall–Kier alpha value is -1.52. The first kappa shape index (κ1) is 13.9. The average molecular weight is 277 g/mol. The Labute approximate surface area is 117 Å². The third kappa shape index (κ3) is 3.49. The van der Waals surface area contributed by atoms with Crippen molar-refractivity contribution in [1.29, 1.82) is 0 Å². The standard InChI is InChI=1S/C15H19NO2S/c1-3-18-13-7-4-6-12(15(13)17)10-16-11(2)14-8-5-9-19-14/h4-9,11,16-17H,3,10H2,1-2H3/t11-/m0/s1. The molecule has 3 nitrogen and oxygen atoms in total. The van der Waals surface area contributed by atoms with Gasteiger partial charge >= 0.3 is 0 Å². The van der Waals surface area contributed by atoms with Crippen molar-refractivity contribution in [2.45, 2.75) is 26.4 Å². The summed E-state index contributed by atoms with van der Waals surface area (Å²) in [4.78, 5) is 1.29. The van der Waals surface area contributed by atoms with E-state index in [1.165, 1.54) is 4.88 Å². The number of phenolic OH excluding ortho intramolecular Hbond substituents is 1. The minimum atomic E-state index is 0.232. The zero-order chi connectivity index (χ0) is 13.7. The number of para-hydroxylation sites is 1. The largest absolute Gasteiger partial charge is 0.504 e. The molecule has 1 heterocycles. The molecule has 2 aromatic rings. The van der Waals surface area contributed by atoms with E-state index in [2.05, 4.69) is 23.7 Å². The van der Waals surface area contributed by atoms with E-state index in [9.17, 15) is 5.11 Å². The SMILES string of the molecule is CCOc1cccc(CN[C@@H](C)c2cccs2)c1O.